The molecule has 0 saturated carbocycles. The molecule has 1 aromatic rings. The van der Waals surface area contributed by atoms with E-state index in [0.29, 0.717) is 6.54 Å². The second kappa shape index (κ2) is 9.52. The molecule has 0 bridgehead atoms. The van der Waals surface area contributed by atoms with E-state index in [1.165, 1.54) is 12.1 Å². The molecule has 2 rings (SSSR count). The third-order valence-corrected chi connectivity index (χ3v) is 4.65. The van der Waals surface area contributed by atoms with Gasteiger partial charge in [-0.05, 0) is 38.7 Å². The Hall–Kier alpha value is -2.15. The quantitative estimate of drug-likeness (QED) is 0.637. The topological polar surface area (TPSA) is 51.2 Å². The van der Waals surface area contributed by atoms with E-state index in [0.717, 1.165) is 44.2 Å². The van der Waals surface area contributed by atoms with Gasteiger partial charge in [-0.15, -0.1) is 0 Å². The molecule has 26 heavy (non-hydrogen) atoms. The number of hydrogen-bond acceptors (Lipinski definition) is 3. The van der Waals surface area contributed by atoms with Crippen LogP contribution < -0.4 is 5.32 Å². The maximum Gasteiger partial charge on any atom is 0.219 e. The summed E-state index contributed by atoms with van der Waals surface area (Å²) in [7, 11) is 4.00. The molecule has 1 atom stereocenters. The minimum Gasteiger partial charge on any atom is -0.357 e. The fourth-order valence-corrected chi connectivity index (χ4v) is 3.08. The molecule has 1 aromatic carbocycles. The van der Waals surface area contributed by atoms with Gasteiger partial charge in [0.15, 0.2) is 5.96 Å². The Labute approximate surface area is 155 Å². The Balaban J connectivity index is 2.08. The highest BCUT2D eigenvalue weighted by atomic mass is 19.1. The Kier molecular flexibility index (Phi) is 7.38. The lowest BCUT2D eigenvalue weighted by atomic mass is 10.1. The van der Waals surface area contributed by atoms with E-state index >= 15 is 0 Å². The monoisotopic (exact) mass is 363 g/mol. The van der Waals surface area contributed by atoms with E-state index in [4.69, 9.17) is 4.99 Å². The van der Waals surface area contributed by atoms with Gasteiger partial charge in [0.05, 0.1) is 12.6 Å². The van der Waals surface area contributed by atoms with Crippen molar-refractivity contribution in [1.82, 2.24) is 20.0 Å². The van der Waals surface area contributed by atoms with Gasteiger partial charge in [0, 0.05) is 39.6 Å². The lowest BCUT2D eigenvalue weighted by Crippen LogP contribution is -2.53. The molecular formula is C19H30FN5O. The van der Waals surface area contributed by atoms with E-state index < -0.39 is 0 Å². The highest BCUT2D eigenvalue weighted by Gasteiger charge is 2.21. The van der Waals surface area contributed by atoms with Gasteiger partial charge in [0.2, 0.25) is 5.91 Å². The van der Waals surface area contributed by atoms with E-state index in [-0.39, 0.29) is 17.8 Å². The molecule has 0 aliphatic carbocycles. The fraction of sp³-hybridized carbons (Fsp3) is 0.579. The number of halogens is 1. The fourth-order valence-electron chi connectivity index (χ4n) is 3.08. The molecule has 1 unspecified atom stereocenters. The van der Waals surface area contributed by atoms with E-state index in [1.807, 2.05) is 38.1 Å². The van der Waals surface area contributed by atoms with Gasteiger partial charge in [0.1, 0.15) is 5.82 Å². The molecule has 1 N–H and O–H groups in total. The van der Waals surface area contributed by atoms with Crippen molar-refractivity contribution in [3.05, 3.63) is 35.6 Å². The van der Waals surface area contributed by atoms with Gasteiger partial charge < -0.3 is 20.0 Å². The number of piperazine rings is 1. The zero-order valence-electron chi connectivity index (χ0n) is 16.2. The Morgan fingerprint density at radius 1 is 1.19 bits per heavy atom. The molecule has 1 aliphatic rings. The molecule has 0 radical (unpaired) electrons. The molecule has 0 aromatic heterocycles. The summed E-state index contributed by atoms with van der Waals surface area (Å²) in [6, 6.07) is 6.67. The molecule has 1 fully saturated rings. The second-order valence-corrected chi connectivity index (χ2v) is 6.72. The van der Waals surface area contributed by atoms with Crippen LogP contribution in [0.5, 0.6) is 0 Å². The summed E-state index contributed by atoms with van der Waals surface area (Å²) < 4.78 is 13.2. The van der Waals surface area contributed by atoms with Crippen LogP contribution in [0.15, 0.2) is 29.3 Å². The van der Waals surface area contributed by atoms with Crippen LogP contribution in [-0.4, -0.2) is 79.9 Å². The normalized spacial score (nSPS) is 16.8. The molecule has 1 heterocycles. The number of rotatable bonds is 5. The number of carbonyl (C=O) groups excluding carboxylic acids is 1. The molecule has 7 heteroatoms. The molecule has 6 nitrogen and oxygen atoms in total. The van der Waals surface area contributed by atoms with Crippen molar-refractivity contribution >= 4 is 11.9 Å². The van der Waals surface area contributed by atoms with Crippen LogP contribution in [0.2, 0.25) is 0 Å². The summed E-state index contributed by atoms with van der Waals surface area (Å²) in [6.45, 7) is 8.00. The molecule has 1 saturated heterocycles. The number of aliphatic imine (C=N–C) groups is 1. The van der Waals surface area contributed by atoms with E-state index in [9.17, 15) is 9.18 Å². The minimum absolute atomic E-state index is 0.0720. The summed E-state index contributed by atoms with van der Waals surface area (Å²) in [6.07, 6.45) is 0. The first-order valence-electron chi connectivity index (χ1n) is 9.13. The summed E-state index contributed by atoms with van der Waals surface area (Å²) in [5.41, 5.74) is 1.04. The largest absolute Gasteiger partial charge is 0.357 e. The summed E-state index contributed by atoms with van der Waals surface area (Å²) in [5.74, 6) is 0.756. The Bertz CT molecular complexity index is 609. The third kappa shape index (κ3) is 5.42. The van der Waals surface area contributed by atoms with Crippen molar-refractivity contribution in [1.29, 1.82) is 0 Å². The summed E-state index contributed by atoms with van der Waals surface area (Å²) in [5, 5.41) is 3.35. The number of benzene rings is 1. The van der Waals surface area contributed by atoms with Gasteiger partial charge in [-0.3, -0.25) is 9.79 Å². The van der Waals surface area contributed by atoms with Crippen LogP contribution in [0.3, 0.4) is 0 Å². The average Bonchev–Trinajstić information content (AvgIpc) is 2.62. The number of carbonyl (C=O) groups is 1. The van der Waals surface area contributed by atoms with Crippen LogP contribution in [-0.2, 0) is 4.79 Å². The van der Waals surface area contributed by atoms with Crippen molar-refractivity contribution in [3.63, 3.8) is 0 Å². The Morgan fingerprint density at radius 3 is 2.27 bits per heavy atom. The molecule has 1 aliphatic heterocycles. The van der Waals surface area contributed by atoms with Crippen LogP contribution in [0.4, 0.5) is 4.39 Å². The van der Waals surface area contributed by atoms with Crippen LogP contribution in [0, 0.1) is 5.82 Å². The Morgan fingerprint density at radius 2 is 1.77 bits per heavy atom. The molecule has 1 amide bonds. The number of likely N-dealkylation sites (N-methyl/N-ethyl adjacent to an activating group) is 1. The van der Waals surface area contributed by atoms with Crippen molar-refractivity contribution < 1.29 is 9.18 Å². The van der Waals surface area contributed by atoms with E-state index in [1.54, 1.807) is 6.92 Å². The number of guanidine groups is 1. The number of nitrogens with one attached hydrogen (secondary N) is 1. The SMILES string of the molecule is CCNC(=NCC(c1ccc(F)cc1)N(C)C)N1CCN(C(C)=O)CC1. The summed E-state index contributed by atoms with van der Waals surface area (Å²) >= 11 is 0. The highest BCUT2D eigenvalue weighted by molar-refractivity contribution is 5.80. The van der Waals surface area contributed by atoms with Crippen LogP contribution >= 0.6 is 0 Å². The highest BCUT2D eigenvalue weighted by Crippen LogP contribution is 2.19. The van der Waals surface area contributed by atoms with Crippen molar-refractivity contribution in [3.8, 4) is 0 Å². The lowest BCUT2D eigenvalue weighted by molar-refractivity contribution is -0.130. The first-order valence-corrected chi connectivity index (χ1v) is 9.13. The van der Waals surface area contributed by atoms with Gasteiger partial charge in [-0.2, -0.15) is 0 Å². The standard InChI is InChI=1S/C19H30FN5O/c1-5-21-19(25-12-10-24(11-13-25)15(2)26)22-14-18(23(3)4)16-6-8-17(20)9-7-16/h6-9,18H,5,10-14H2,1-4H3,(H,21,22). The zero-order chi connectivity index (χ0) is 19.1. The van der Waals surface area contributed by atoms with Crippen molar-refractivity contribution in [2.45, 2.75) is 19.9 Å². The third-order valence-electron chi connectivity index (χ3n) is 4.65. The van der Waals surface area contributed by atoms with Crippen molar-refractivity contribution in [2.24, 2.45) is 4.99 Å². The second-order valence-electron chi connectivity index (χ2n) is 6.72. The van der Waals surface area contributed by atoms with Crippen molar-refractivity contribution in [2.75, 3.05) is 53.4 Å². The molecule has 0 spiro atoms. The lowest BCUT2D eigenvalue weighted by Gasteiger charge is -2.36. The predicted molar refractivity (Wildman–Crippen MR) is 103 cm³/mol. The van der Waals surface area contributed by atoms with Gasteiger partial charge >= 0.3 is 0 Å². The predicted octanol–water partition coefficient (Wildman–Crippen LogP) is 1.56. The number of hydrogen-bond donors (Lipinski definition) is 1. The maximum atomic E-state index is 13.2. The summed E-state index contributed by atoms with van der Waals surface area (Å²) in [4.78, 5) is 22.5. The van der Waals surface area contributed by atoms with Crippen LogP contribution in [0.1, 0.15) is 25.5 Å². The zero-order valence-corrected chi connectivity index (χ0v) is 16.2. The first-order chi connectivity index (χ1) is 12.4. The van der Waals surface area contributed by atoms with Gasteiger partial charge in [-0.25, -0.2) is 4.39 Å². The van der Waals surface area contributed by atoms with Gasteiger partial charge in [0.25, 0.3) is 0 Å². The molecule has 144 valence electrons. The minimum atomic E-state index is -0.230. The first kappa shape index (κ1) is 20.2. The average molecular weight is 363 g/mol. The number of nitrogens with zero attached hydrogens (tertiary/aromatic N) is 4. The van der Waals surface area contributed by atoms with E-state index in [2.05, 4.69) is 15.1 Å². The van der Waals surface area contributed by atoms with Gasteiger partial charge in [-0.1, -0.05) is 12.1 Å². The smallest absolute Gasteiger partial charge is 0.219 e. The number of amides is 1. The van der Waals surface area contributed by atoms with Crippen LogP contribution in [0.25, 0.3) is 0 Å². The molecular weight excluding hydrogens is 333 g/mol. The maximum absolute atomic E-state index is 13.2.